The lowest BCUT2D eigenvalue weighted by atomic mass is 9.96. The molecule has 1 heterocycles. The predicted molar refractivity (Wildman–Crippen MR) is 125 cm³/mol. The SMILES string of the molecule is CN(C)CCCC(O)c1ccc2c(c1)Cc1cc(C(O)CCCN(C)C)ccc1S2. The lowest BCUT2D eigenvalue weighted by Gasteiger charge is -2.23. The number of nitrogens with zero attached hydrogens (tertiary/aromatic N) is 2. The van der Waals surface area contributed by atoms with Crippen molar-refractivity contribution in [2.75, 3.05) is 41.3 Å². The Balaban J connectivity index is 1.67. The molecule has 0 saturated heterocycles. The third kappa shape index (κ3) is 6.32. The number of fused-ring (bicyclic) bond motifs is 2. The topological polar surface area (TPSA) is 46.9 Å². The molecular weight excluding hydrogens is 392 g/mol. The van der Waals surface area contributed by atoms with Gasteiger partial charge in [0.1, 0.15) is 0 Å². The van der Waals surface area contributed by atoms with Gasteiger partial charge in [-0.2, -0.15) is 0 Å². The van der Waals surface area contributed by atoms with Gasteiger partial charge in [-0.3, -0.25) is 0 Å². The van der Waals surface area contributed by atoms with Crippen LogP contribution in [0.5, 0.6) is 0 Å². The molecule has 2 N–H and O–H groups in total. The fourth-order valence-electron chi connectivity index (χ4n) is 3.95. The summed E-state index contributed by atoms with van der Waals surface area (Å²) in [5, 5.41) is 21.2. The van der Waals surface area contributed by atoms with Crippen LogP contribution in [0.15, 0.2) is 46.2 Å². The summed E-state index contributed by atoms with van der Waals surface area (Å²) < 4.78 is 0. The van der Waals surface area contributed by atoms with Gasteiger partial charge < -0.3 is 20.0 Å². The quantitative estimate of drug-likeness (QED) is 0.498. The molecule has 0 aromatic heterocycles. The molecule has 1 aliphatic rings. The molecule has 0 saturated carbocycles. The maximum Gasteiger partial charge on any atom is 0.0790 e. The summed E-state index contributed by atoms with van der Waals surface area (Å²) in [6.45, 7) is 1.98. The van der Waals surface area contributed by atoms with E-state index < -0.39 is 12.2 Å². The van der Waals surface area contributed by atoms with Gasteiger partial charge in [0.2, 0.25) is 0 Å². The van der Waals surface area contributed by atoms with Crippen LogP contribution < -0.4 is 0 Å². The summed E-state index contributed by atoms with van der Waals surface area (Å²) in [5.74, 6) is 0. The van der Waals surface area contributed by atoms with E-state index in [1.54, 1.807) is 11.8 Å². The van der Waals surface area contributed by atoms with Crippen molar-refractivity contribution in [2.45, 2.75) is 54.1 Å². The molecule has 164 valence electrons. The Morgan fingerprint density at radius 1 is 0.767 bits per heavy atom. The first-order chi connectivity index (χ1) is 14.3. The molecule has 4 nitrogen and oxygen atoms in total. The van der Waals surface area contributed by atoms with Crippen LogP contribution in [0.1, 0.15) is 60.1 Å². The average molecular weight is 429 g/mol. The van der Waals surface area contributed by atoms with Gasteiger partial charge in [-0.15, -0.1) is 0 Å². The first kappa shape index (κ1) is 23.3. The van der Waals surface area contributed by atoms with Crippen molar-refractivity contribution in [1.29, 1.82) is 0 Å². The van der Waals surface area contributed by atoms with Crippen molar-refractivity contribution < 1.29 is 10.2 Å². The lowest BCUT2D eigenvalue weighted by molar-refractivity contribution is 0.160. The second-order valence-electron chi connectivity index (χ2n) is 8.94. The maximum atomic E-state index is 10.6. The Kier molecular flexibility index (Phi) is 8.37. The minimum atomic E-state index is -0.411. The van der Waals surface area contributed by atoms with Gasteiger partial charge in [0.05, 0.1) is 12.2 Å². The molecule has 0 bridgehead atoms. The van der Waals surface area contributed by atoms with Crippen LogP contribution in [0.2, 0.25) is 0 Å². The van der Waals surface area contributed by atoms with E-state index in [0.717, 1.165) is 56.3 Å². The van der Waals surface area contributed by atoms with E-state index in [1.165, 1.54) is 20.9 Å². The second-order valence-corrected chi connectivity index (χ2v) is 10.0. The molecule has 5 heteroatoms. The Bertz CT molecular complexity index is 770. The van der Waals surface area contributed by atoms with E-state index in [4.69, 9.17) is 0 Å². The molecule has 2 atom stereocenters. The number of hydrogen-bond donors (Lipinski definition) is 2. The lowest BCUT2D eigenvalue weighted by Crippen LogP contribution is -2.14. The fraction of sp³-hybridized carbons (Fsp3) is 0.520. The zero-order valence-corrected chi connectivity index (χ0v) is 19.6. The first-order valence-corrected chi connectivity index (χ1v) is 11.7. The van der Waals surface area contributed by atoms with Gasteiger partial charge in [0, 0.05) is 9.79 Å². The van der Waals surface area contributed by atoms with Crippen molar-refractivity contribution in [3.63, 3.8) is 0 Å². The van der Waals surface area contributed by atoms with Crippen molar-refractivity contribution in [2.24, 2.45) is 0 Å². The largest absolute Gasteiger partial charge is 0.388 e. The van der Waals surface area contributed by atoms with Crippen LogP contribution in [0.3, 0.4) is 0 Å². The van der Waals surface area contributed by atoms with Crippen LogP contribution in [-0.2, 0) is 6.42 Å². The summed E-state index contributed by atoms with van der Waals surface area (Å²) in [6, 6.07) is 12.8. The van der Waals surface area contributed by atoms with E-state index in [9.17, 15) is 10.2 Å². The predicted octanol–water partition coefficient (Wildman–Crippen LogP) is 4.49. The molecule has 2 unspecified atom stereocenters. The van der Waals surface area contributed by atoms with E-state index in [-0.39, 0.29) is 0 Å². The normalized spacial score (nSPS) is 15.2. The standard InChI is InChI=1S/C25H36N2O2S/c1-26(2)13-5-7-22(28)18-9-11-24-20(15-18)17-21-16-19(10-12-25(21)30-24)23(29)8-6-14-27(3)4/h9-12,15-16,22-23,28-29H,5-8,13-14,17H2,1-4H3. The molecule has 2 aromatic rings. The Hall–Kier alpha value is -1.37. The first-order valence-electron chi connectivity index (χ1n) is 10.9. The summed E-state index contributed by atoms with van der Waals surface area (Å²) in [6.07, 6.45) is 3.57. The number of benzene rings is 2. The van der Waals surface area contributed by atoms with Crippen LogP contribution >= 0.6 is 11.8 Å². The molecule has 3 rings (SSSR count). The van der Waals surface area contributed by atoms with Gasteiger partial charge in [0.25, 0.3) is 0 Å². The Morgan fingerprint density at radius 2 is 1.20 bits per heavy atom. The van der Waals surface area contributed by atoms with Gasteiger partial charge in [-0.25, -0.2) is 0 Å². The number of aliphatic hydroxyl groups excluding tert-OH is 2. The van der Waals surface area contributed by atoms with E-state index >= 15 is 0 Å². The van der Waals surface area contributed by atoms with E-state index in [1.807, 2.05) is 0 Å². The molecule has 0 aliphatic carbocycles. The van der Waals surface area contributed by atoms with E-state index in [2.05, 4.69) is 74.4 Å². The maximum absolute atomic E-state index is 10.6. The third-order valence-corrected chi connectivity index (χ3v) is 6.94. The van der Waals surface area contributed by atoms with Crippen molar-refractivity contribution >= 4 is 11.8 Å². The fourth-order valence-corrected chi connectivity index (χ4v) is 4.98. The molecule has 2 aromatic carbocycles. The summed E-state index contributed by atoms with van der Waals surface area (Å²) >= 11 is 1.79. The minimum absolute atomic E-state index is 0.411. The third-order valence-electron chi connectivity index (χ3n) is 5.71. The molecule has 30 heavy (non-hydrogen) atoms. The highest BCUT2D eigenvalue weighted by Gasteiger charge is 2.20. The second kappa shape index (κ2) is 10.8. The van der Waals surface area contributed by atoms with Gasteiger partial charge >= 0.3 is 0 Å². The van der Waals surface area contributed by atoms with Gasteiger partial charge in [0.15, 0.2) is 0 Å². The highest BCUT2D eigenvalue weighted by molar-refractivity contribution is 7.99. The Labute approximate surface area is 185 Å². The Morgan fingerprint density at radius 3 is 1.60 bits per heavy atom. The number of rotatable bonds is 10. The smallest absolute Gasteiger partial charge is 0.0790 e. The van der Waals surface area contributed by atoms with Gasteiger partial charge in [-0.05, 0) is 108 Å². The molecule has 0 radical (unpaired) electrons. The van der Waals surface area contributed by atoms with Crippen LogP contribution in [0, 0.1) is 0 Å². The van der Waals surface area contributed by atoms with Crippen molar-refractivity contribution in [3.8, 4) is 0 Å². The van der Waals surface area contributed by atoms with Crippen LogP contribution in [0.4, 0.5) is 0 Å². The van der Waals surface area contributed by atoms with Crippen LogP contribution in [-0.4, -0.2) is 61.3 Å². The average Bonchev–Trinajstić information content (AvgIpc) is 2.70. The number of hydrogen-bond acceptors (Lipinski definition) is 5. The highest BCUT2D eigenvalue weighted by atomic mass is 32.2. The molecule has 0 amide bonds. The summed E-state index contributed by atoms with van der Waals surface area (Å²) in [7, 11) is 8.25. The number of aliphatic hydroxyl groups is 2. The van der Waals surface area contributed by atoms with Crippen LogP contribution in [0.25, 0.3) is 0 Å². The molecular formula is C25H36N2O2S. The minimum Gasteiger partial charge on any atom is -0.388 e. The highest BCUT2D eigenvalue weighted by Crippen LogP contribution is 2.41. The van der Waals surface area contributed by atoms with Gasteiger partial charge in [-0.1, -0.05) is 36.0 Å². The summed E-state index contributed by atoms with van der Waals surface area (Å²) in [4.78, 5) is 6.84. The molecule has 0 fully saturated rings. The van der Waals surface area contributed by atoms with Crippen molar-refractivity contribution in [3.05, 3.63) is 58.7 Å². The molecule has 0 spiro atoms. The summed E-state index contributed by atoms with van der Waals surface area (Å²) in [5.41, 5.74) is 4.57. The monoisotopic (exact) mass is 428 g/mol. The van der Waals surface area contributed by atoms with E-state index in [0.29, 0.717) is 0 Å². The zero-order valence-electron chi connectivity index (χ0n) is 18.8. The molecule has 1 aliphatic heterocycles. The van der Waals surface area contributed by atoms with Crippen molar-refractivity contribution in [1.82, 2.24) is 9.80 Å². The zero-order chi connectivity index (χ0) is 21.7.